The summed E-state index contributed by atoms with van der Waals surface area (Å²) in [5.41, 5.74) is 0. The van der Waals surface area contributed by atoms with Crippen molar-refractivity contribution in [2.75, 3.05) is 39.3 Å². The van der Waals surface area contributed by atoms with Crippen LogP contribution < -0.4 is 5.32 Å². The topological polar surface area (TPSA) is 51.1 Å². The van der Waals surface area contributed by atoms with E-state index in [1.54, 1.807) is 0 Å². The smallest absolute Gasteiger partial charge is 0.194 e. The maximum atomic E-state index is 10.3. The van der Waals surface area contributed by atoms with Crippen molar-refractivity contribution in [2.45, 2.75) is 39.3 Å². The van der Waals surface area contributed by atoms with E-state index in [1.807, 2.05) is 12.1 Å². The lowest BCUT2D eigenvalue weighted by molar-refractivity contribution is 0.190. The number of rotatable bonds is 7. The summed E-state index contributed by atoms with van der Waals surface area (Å²) in [7, 11) is 0. The zero-order valence-electron chi connectivity index (χ0n) is 14.8. The second kappa shape index (κ2) is 9.61. The number of likely N-dealkylation sites (tertiary alicyclic amines) is 1. The van der Waals surface area contributed by atoms with Gasteiger partial charge in [-0.2, -0.15) is 0 Å². The molecule has 0 aromatic carbocycles. The Balaban J connectivity index is 1.98. The van der Waals surface area contributed by atoms with Crippen LogP contribution in [-0.4, -0.2) is 66.2 Å². The number of halogens is 1. The standard InChI is InChI=1S/C17H29ClN4OS/c1-4-19-17(20-11-14(23)15-7-8-16(18)24-15)22-10-9-13(12-22)21(5-2)6-3/h7-8,13-14,23H,4-6,9-12H2,1-3H3,(H,19,20). The van der Waals surface area contributed by atoms with Crippen molar-refractivity contribution >= 4 is 28.9 Å². The minimum absolute atomic E-state index is 0.353. The van der Waals surface area contributed by atoms with Gasteiger partial charge in [0.2, 0.25) is 0 Å². The van der Waals surface area contributed by atoms with Crippen molar-refractivity contribution in [3.63, 3.8) is 0 Å². The molecule has 0 bridgehead atoms. The molecule has 1 fully saturated rings. The summed E-state index contributed by atoms with van der Waals surface area (Å²) in [6.45, 7) is 11.9. The number of aliphatic hydroxyl groups excluding tert-OH is 1. The first kappa shape index (κ1) is 19.5. The van der Waals surface area contributed by atoms with E-state index in [2.05, 4.69) is 40.9 Å². The van der Waals surface area contributed by atoms with Crippen molar-refractivity contribution < 1.29 is 5.11 Å². The molecule has 2 unspecified atom stereocenters. The van der Waals surface area contributed by atoms with Crippen LogP contribution in [0.25, 0.3) is 0 Å². The SMILES string of the molecule is CCNC(=NCC(O)c1ccc(Cl)s1)N1CCC(N(CC)CC)C1. The van der Waals surface area contributed by atoms with E-state index in [9.17, 15) is 5.11 Å². The molecule has 1 aromatic rings. The van der Waals surface area contributed by atoms with Crippen molar-refractivity contribution in [1.29, 1.82) is 0 Å². The van der Waals surface area contributed by atoms with Crippen molar-refractivity contribution in [2.24, 2.45) is 4.99 Å². The number of guanidine groups is 1. The lowest BCUT2D eigenvalue weighted by atomic mass is 10.2. The maximum absolute atomic E-state index is 10.3. The van der Waals surface area contributed by atoms with Crippen LogP contribution in [0, 0.1) is 0 Å². The molecular weight excluding hydrogens is 344 g/mol. The third-order valence-corrected chi connectivity index (χ3v) is 5.80. The van der Waals surface area contributed by atoms with Crippen molar-refractivity contribution in [1.82, 2.24) is 15.1 Å². The fraction of sp³-hybridized carbons (Fsp3) is 0.706. The Morgan fingerprint density at radius 2 is 2.21 bits per heavy atom. The summed E-state index contributed by atoms with van der Waals surface area (Å²) in [5.74, 6) is 0.897. The molecular formula is C17H29ClN4OS. The van der Waals surface area contributed by atoms with Crippen LogP contribution in [0.5, 0.6) is 0 Å². The van der Waals surface area contributed by atoms with Gasteiger partial charge in [0.1, 0.15) is 6.10 Å². The second-order valence-electron chi connectivity index (χ2n) is 5.96. The number of hydrogen-bond donors (Lipinski definition) is 2. The highest BCUT2D eigenvalue weighted by atomic mass is 35.5. The van der Waals surface area contributed by atoms with Crippen LogP contribution in [0.1, 0.15) is 38.2 Å². The number of nitrogens with zero attached hydrogens (tertiary/aromatic N) is 3. The van der Waals surface area contributed by atoms with Gasteiger partial charge >= 0.3 is 0 Å². The molecule has 7 heteroatoms. The summed E-state index contributed by atoms with van der Waals surface area (Å²) < 4.78 is 0.696. The van der Waals surface area contributed by atoms with E-state index in [-0.39, 0.29) is 0 Å². The Hall–Kier alpha value is -0.820. The van der Waals surface area contributed by atoms with E-state index in [0.717, 1.165) is 50.0 Å². The van der Waals surface area contributed by atoms with Crippen LogP contribution in [0.15, 0.2) is 17.1 Å². The van der Waals surface area contributed by atoms with Gasteiger partial charge in [-0.1, -0.05) is 25.4 Å². The fourth-order valence-electron chi connectivity index (χ4n) is 3.17. The molecule has 1 aliphatic heterocycles. The largest absolute Gasteiger partial charge is 0.386 e. The highest BCUT2D eigenvalue weighted by Gasteiger charge is 2.28. The van der Waals surface area contributed by atoms with Gasteiger partial charge in [0.15, 0.2) is 5.96 Å². The minimum atomic E-state index is -0.600. The van der Waals surface area contributed by atoms with E-state index in [1.165, 1.54) is 11.3 Å². The highest BCUT2D eigenvalue weighted by Crippen LogP contribution is 2.27. The first-order valence-electron chi connectivity index (χ1n) is 8.79. The third kappa shape index (κ3) is 5.09. The van der Waals surface area contributed by atoms with Gasteiger partial charge in [0, 0.05) is 30.6 Å². The molecule has 0 saturated carbocycles. The molecule has 0 radical (unpaired) electrons. The van der Waals surface area contributed by atoms with Gasteiger partial charge in [0.05, 0.1) is 10.9 Å². The first-order chi connectivity index (χ1) is 11.6. The average molecular weight is 373 g/mol. The second-order valence-corrected chi connectivity index (χ2v) is 7.71. The number of likely N-dealkylation sites (N-methyl/N-ethyl adjacent to an activating group) is 1. The Labute approximate surface area is 154 Å². The van der Waals surface area contributed by atoms with Gasteiger partial charge < -0.3 is 15.3 Å². The summed E-state index contributed by atoms with van der Waals surface area (Å²) >= 11 is 7.35. The predicted molar refractivity (Wildman–Crippen MR) is 103 cm³/mol. The van der Waals surface area contributed by atoms with Crippen LogP contribution in [0.3, 0.4) is 0 Å². The number of aliphatic imine (C=N–C) groups is 1. The average Bonchev–Trinajstić information content (AvgIpc) is 3.22. The normalized spacial score (nSPS) is 20.0. The van der Waals surface area contributed by atoms with Gasteiger partial charge in [-0.25, -0.2) is 0 Å². The Kier molecular flexibility index (Phi) is 7.81. The first-order valence-corrected chi connectivity index (χ1v) is 9.99. The molecule has 24 heavy (non-hydrogen) atoms. The molecule has 0 spiro atoms. The molecule has 1 aromatic heterocycles. The van der Waals surface area contributed by atoms with Gasteiger partial charge in [0.25, 0.3) is 0 Å². The van der Waals surface area contributed by atoms with Crippen LogP contribution in [0.4, 0.5) is 0 Å². The van der Waals surface area contributed by atoms with E-state index in [0.29, 0.717) is 16.9 Å². The molecule has 1 saturated heterocycles. The van der Waals surface area contributed by atoms with E-state index in [4.69, 9.17) is 11.6 Å². The molecule has 136 valence electrons. The fourth-order valence-corrected chi connectivity index (χ4v) is 4.21. The highest BCUT2D eigenvalue weighted by molar-refractivity contribution is 7.16. The number of aliphatic hydroxyl groups is 1. The predicted octanol–water partition coefficient (Wildman–Crippen LogP) is 2.82. The van der Waals surface area contributed by atoms with E-state index >= 15 is 0 Å². The van der Waals surface area contributed by atoms with Crippen molar-refractivity contribution in [3.05, 3.63) is 21.3 Å². The molecule has 1 aliphatic rings. The number of thiophene rings is 1. The maximum Gasteiger partial charge on any atom is 0.194 e. The number of hydrogen-bond acceptors (Lipinski definition) is 4. The summed E-state index contributed by atoms with van der Waals surface area (Å²) in [4.78, 5) is 10.3. The molecule has 5 nitrogen and oxygen atoms in total. The summed E-state index contributed by atoms with van der Waals surface area (Å²) in [6.07, 6.45) is 0.562. The molecule has 0 aliphatic carbocycles. The van der Waals surface area contributed by atoms with Crippen molar-refractivity contribution in [3.8, 4) is 0 Å². The zero-order chi connectivity index (χ0) is 17.5. The molecule has 2 heterocycles. The van der Waals surface area contributed by atoms with Crippen LogP contribution in [-0.2, 0) is 0 Å². The quantitative estimate of drug-likeness (QED) is 0.570. The monoisotopic (exact) mass is 372 g/mol. The van der Waals surface area contributed by atoms with Crippen LogP contribution >= 0.6 is 22.9 Å². The Morgan fingerprint density at radius 3 is 2.79 bits per heavy atom. The Bertz CT molecular complexity index is 532. The number of nitrogens with one attached hydrogen (secondary N) is 1. The minimum Gasteiger partial charge on any atom is -0.386 e. The zero-order valence-corrected chi connectivity index (χ0v) is 16.4. The third-order valence-electron chi connectivity index (χ3n) is 4.46. The van der Waals surface area contributed by atoms with Gasteiger partial charge in [-0.15, -0.1) is 11.3 Å². The molecule has 2 atom stereocenters. The van der Waals surface area contributed by atoms with E-state index < -0.39 is 6.10 Å². The summed E-state index contributed by atoms with van der Waals surface area (Å²) in [6, 6.07) is 4.27. The lowest BCUT2D eigenvalue weighted by Crippen LogP contribution is -2.43. The summed E-state index contributed by atoms with van der Waals surface area (Å²) in [5, 5.41) is 13.7. The molecule has 0 amide bonds. The van der Waals surface area contributed by atoms with Gasteiger partial charge in [-0.05, 0) is 38.6 Å². The lowest BCUT2D eigenvalue weighted by Gasteiger charge is -2.27. The van der Waals surface area contributed by atoms with Gasteiger partial charge in [-0.3, -0.25) is 9.89 Å². The molecule has 2 rings (SSSR count). The molecule has 2 N–H and O–H groups in total. The Morgan fingerprint density at radius 1 is 1.46 bits per heavy atom. The van der Waals surface area contributed by atoms with Crippen LogP contribution in [0.2, 0.25) is 4.34 Å².